The fourth-order valence-corrected chi connectivity index (χ4v) is 5.64. The Morgan fingerprint density at radius 1 is 1.00 bits per heavy atom. The molecule has 1 spiro atoms. The van der Waals surface area contributed by atoms with Crippen LogP contribution in [0.1, 0.15) is 56.2 Å². The smallest absolute Gasteiger partial charge is 0.312 e. The molecule has 4 rings (SSSR count). The van der Waals surface area contributed by atoms with E-state index in [1.165, 1.54) is 0 Å². The van der Waals surface area contributed by atoms with Crippen molar-refractivity contribution in [1.82, 2.24) is 14.8 Å². The highest BCUT2D eigenvalue weighted by atomic mass is 35.5. The zero-order chi connectivity index (χ0) is 27.7. The first-order valence-electron chi connectivity index (χ1n) is 14.0. The number of benzene rings is 1. The molecule has 39 heavy (non-hydrogen) atoms. The Balaban J connectivity index is 1.37. The third-order valence-electron chi connectivity index (χ3n) is 8.11. The van der Waals surface area contributed by atoms with Gasteiger partial charge in [0.1, 0.15) is 12.7 Å². The summed E-state index contributed by atoms with van der Waals surface area (Å²) in [6.45, 7) is 2.91. The maximum absolute atomic E-state index is 13.3. The molecule has 0 bridgehead atoms. The highest BCUT2D eigenvalue weighted by Gasteiger charge is 2.42. The molecule has 8 nitrogen and oxygen atoms in total. The van der Waals surface area contributed by atoms with Gasteiger partial charge in [0, 0.05) is 37.3 Å². The van der Waals surface area contributed by atoms with E-state index in [0.29, 0.717) is 50.2 Å². The number of aliphatic hydroxyl groups is 2. The summed E-state index contributed by atoms with van der Waals surface area (Å²) < 4.78 is 5.59. The van der Waals surface area contributed by atoms with Gasteiger partial charge in [-0.05, 0) is 81.4 Å². The van der Waals surface area contributed by atoms with Crippen LogP contribution in [0.4, 0.5) is 0 Å². The Labute approximate surface area is 235 Å². The van der Waals surface area contributed by atoms with Gasteiger partial charge >= 0.3 is 5.97 Å². The average Bonchev–Trinajstić information content (AvgIpc) is 2.96. The Morgan fingerprint density at radius 3 is 2.49 bits per heavy atom. The van der Waals surface area contributed by atoms with Crippen molar-refractivity contribution in [2.45, 2.75) is 70.1 Å². The molecule has 0 unspecified atom stereocenters. The minimum absolute atomic E-state index is 0.0198. The summed E-state index contributed by atoms with van der Waals surface area (Å²) in [5.74, 6) is -0.271. The first-order valence-corrected chi connectivity index (χ1v) is 14.4. The first kappa shape index (κ1) is 29.5. The number of aromatic nitrogens is 1. The lowest BCUT2D eigenvalue weighted by Crippen LogP contribution is -2.46. The number of aryl methyl sites for hydroxylation is 1. The summed E-state index contributed by atoms with van der Waals surface area (Å²) >= 11 is 5.97. The molecule has 2 saturated heterocycles. The molecular weight excluding hydrogens is 518 g/mol. The molecule has 2 fully saturated rings. The van der Waals surface area contributed by atoms with Crippen LogP contribution in [0.15, 0.2) is 48.7 Å². The summed E-state index contributed by atoms with van der Waals surface area (Å²) in [5.41, 5.74) is 1.42. The standard InChI is InChI=1S/C30H40ClN3O5/c31-24-9-6-23(7-10-24)8-11-28(37)34-17-4-2-13-30(29(38)39-22-27(36)26(35)12-18-34)14-19-33(20-15-30)21-25-5-1-3-16-32-25/h1,3,5-7,9-10,16,26-27,35-36H,2,4,8,11-15,17-22H2/t26-,27+/m0/s1. The molecule has 1 amide bonds. The van der Waals surface area contributed by atoms with Crippen molar-refractivity contribution >= 4 is 23.5 Å². The van der Waals surface area contributed by atoms with Crippen molar-refractivity contribution in [1.29, 1.82) is 0 Å². The Bertz CT molecular complexity index is 1060. The lowest BCUT2D eigenvalue weighted by molar-refractivity contribution is -0.165. The zero-order valence-corrected chi connectivity index (χ0v) is 23.3. The predicted molar refractivity (Wildman–Crippen MR) is 149 cm³/mol. The van der Waals surface area contributed by atoms with Gasteiger partial charge < -0.3 is 19.8 Å². The van der Waals surface area contributed by atoms with Crippen molar-refractivity contribution in [2.75, 3.05) is 32.8 Å². The van der Waals surface area contributed by atoms with E-state index >= 15 is 0 Å². The van der Waals surface area contributed by atoms with Gasteiger partial charge in [-0.1, -0.05) is 36.2 Å². The van der Waals surface area contributed by atoms with Crippen molar-refractivity contribution in [3.63, 3.8) is 0 Å². The SMILES string of the molecule is O=C(CCc1ccc(Cl)cc1)N1CCCCC2(CCN(Cc3ccccn3)CC2)C(=O)OC[C@@H](O)[C@@H](O)CC1. The van der Waals surface area contributed by atoms with Gasteiger partial charge in [0.25, 0.3) is 0 Å². The number of likely N-dealkylation sites (tertiary alicyclic amines) is 1. The minimum Gasteiger partial charge on any atom is -0.462 e. The van der Waals surface area contributed by atoms with Gasteiger partial charge in [-0.15, -0.1) is 0 Å². The Kier molecular flexibility index (Phi) is 10.7. The molecule has 2 aliphatic heterocycles. The number of aliphatic hydroxyl groups excluding tert-OH is 2. The van der Waals surface area contributed by atoms with Crippen LogP contribution < -0.4 is 0 Å². The van der Waals surface area contributed by atoms with Crippen LogP contribution in [0, 0.1) is 5.41 Å². The van der Waals surface area contributed by atoms with E-state index < -0.39 is 17.6 Å². The molecule has 1 aromatic carbocycles. The van der Waals surface area contributed by atoms with Crippen molar-refractivity contribution in [3.8, 4) is 0 Å². The number of pyridine rings is 1. The number of halogens is 1. The average molecular weight is 558 g/mol. The third-order valence-corrected chi connectivity index (χ3v) is 8.36. The van der Waals surface area contributed by atoms with Crippen LogP contribution >= 0.6 is 11.6 Å². The molecule has 212 valence electrons. The quantitative estimate of drug-likeness (QED) is 0.541. The van der Waals surface area contributed by atoms with Gasteiger partial charge in [-0.3, -0.25) is 19.5 Å². The number of amides is 1. The molecular formula is C30H40ClN3O5. The van der Waals surface area contributed by atoms with E-state index in [1.54, 1.807) is 11.1 Å². The topological polar surface area (TPSA) is 103 Å². The van der Waals surface area contributed by atoms with Gasteiger partial charge in [0.15, 0.2) is 0 Å². The lowest BCUT2D eigenvalue weighted by atomic mass is 9.74. The number of nitrogens with zero attached hydrogens (tertiary/aromatic N) is 3. The fraction of sp³-hybridized carbons (Fsp3) is 0.567. The summed E-state index contributed by atoms with van der Waals surface area (Å²) in [6, 6.07) is 13.4. The van der Waals surface area contributed by atoms with Gasteiger partial charge in [0.05, 0.1) is 17.2 Å². The minimum atomic E-state index is -1.19. The van der Waals surface area contributed by atoms with Gasteiger partial charge in [-0.25, -0.2) is 0 Å². The van der Waals surface area contributed by atoms with E-state index in [2.05, 4.69) is 9.88 Å². The van der Waals surface area contributed by atoms with Crippen LogP contribution in [0.3, 0.4) is 0 Å². The largest absolute Gasteiger partial charge is 0.462 e. The molecule has 0 saturated carbocycles. The maximum Gasteiger partial charge on any atom is 0.312 e. The van der Waals surface area contributed by atoms with Gasteiger partial charge in [-0.2, -0.15) is 0 Å². The van der Waals surface area contributed by atoms with E-state index in [4.69, 9.17) is 16.3 Å². The molecule has 3 heterocycles. The van der Waals surface area contributed by atoms with Crippen LogP contribution in [-0.2, 0) is 27.3 Å². The number of piperidine rings is 1. The summed E-state index contributed by atoms with van der Waals surface area (Å²) in [4.78, 5) is 34.9. The van der Waals surface area contributed by atoms with Crippen LogP contribution in [0.5, 0.6) is 0 Å². The second-order valence-corrected chi connectivity index (χ2v) is 11.3. The van der Waals surface area contributed by atoms with Crippen LogP contribution in [0.25, 0.3) is 0 Å². The zero-order valence-electron chi connectivity index (χ0n) is 22.5. The Morgan fingerprint density at radius 2 is 1.77 bits per heavy atom. The molecule has 2 aliphatic rings. The predicted octanol–water partition coefficient (Wildman–Crippen LogP) is 3.62. The molecule has 0 aliphatic carbocycles. The summed E-state index contributed by atoms with van der Waals surface area (Å²) in [7, 11) is 0. The normalized spacial score (nSPS) is 23.4. The second kappa shape index (κ2) is 14.2. The van der Waals surface area contributed by atoms with Crippen LogP contribution in [-0.4, -0.2) is 81.9 Å². The fourth-order valence-electron chi connectivity index (χ4n) is 5.51. The number of carbonyl (C=O) groups is 2. The van der Waals surface area contributed by atoms with Gasteiger partial charge in [0.2, 0.25) is 5.91 Å². The van der Waals surface area contributed by atoms with E-state index in [9.17, 15) is 19.8 Å². The van der Waals surface area contributed by atoms with Crippen molar-refractivity contribution in [3.05, 3.63) is 64.9 Å². The van der Waals surface area contributed by atoms with Crippen LogP contribution in [0.2, 0.25) is 5.02 Å². The summed E-state index contributed by atoms with van der Waals surface area (Å²) in [6.07, 6.45) is 4.27. The Hall–Kier alpha value is -2.52. The maximum atomic E-state index is 13.3. The highest BCUT2D eigenvalue weighted by molar-refractivity contribution is 6.30. The number of hydrogen-bond donors (Lipinski definition) is 2. The van der Waals surface area contributed by atoms with E-state index in [1.807, 2.05) is 42.5 Å². The van der Waals surface area contributed by atoms with Crippen molar-refractivity contribution < 1.29 is 24.5 Å². The molecule has 9 heteroatoms. The number of rotatable bonds is 5. The number of carbonyl (C=O) groups excluding carboxylic acids is 2. The molecule has 0 radical (unpaired) electrons. The lowest BCUT2D eigenvalue weighted by Gasteiger charge is -2.40. The highest BCUT2D eigenvalue weighted by Crippen LogP contribution is 2.38. The first-order chi connectivity index (χ1) is 18.8. The van der Waals surface area contributed by atoms with E-state index in [-0.39, 0.29) is 24.9 Å². The van der Waals surface area contributed by atoms with Crippen molar-refractivity contribution in [2.24, 2.45) is 5.41 Å². The molecule has 2 N–H and O–H groups in total. The number of ether oxygens (including phenoxy) is 1. The van der Waals surface area contributed by atoms with E-state index in [0.717, 1.165) is 43.7 Å². The molecule has 2 atom stereocenters. The third kappa shape index (κ3) is 8.48. The number of hydrogen-bond acceptors (Lipinski definition) is 7. The molecule has 2 aromatic rings. The monoisotopic (exact) mass is 557 g/mol. The molecule has 1 aromatic heterocycles. The number of esters is 1. The second-order valence-electron chi connectivity index (χ2n) is 10.9. The number of cyclic esters (lactones) is 1. The summed E-state index contributed by atoms with van der Waals surface area (Å²) in [5, 5.41) is 21.7.